The Bertz CT molecular complexity index is 346. The first-order chi connectivity index (χ1) is 6.16. The summed E-state index contributed by atoms with van der Waals surface area (Å²) < 4.78 is 24.9. The summed E-state index contributed by atoms with van der Waals surface area (Å²) in [5.74, 6) is 0. The predicted octanol–water partition coefficient (Wildman–Crippen LogP) is 2.85. The van der Waals surface area contributed by atoms with Crippen LogP contribution in [0.1, 0.15) is 17.6 Å². The number of alkyl halides is 2. The largest absolute Gasteiger partial charge is 0.266 e. The SMILES string of the molecule is N#CCc1cncc(C(F)F)c1Br. The van der Waals surface area contributed by atoms with E-state index < -0.39 is 6.43 Å². The molecule has 0 amide bonds. The average molecular weight is 247 g/mol. The van der Waals surface area contributed by atoms with Gasteiger partial charge in [-0.15, -0.1) is 0 Å². The van der Waals surface area contributed by atoms with Crippen LogP contribution in [-0.4, -0.2) is 4.98 Å². The minimum Gasteiger partial charge on any atom is -0.264 e. The molecule has 1 aromatic rings. The van der Waals surface area contributed by atoms with Crippen molar-refractivity contribution in [1.82, 2.24) is 4.98 Å². The van der Waals surface area contributed by atoms with Gasteiger partial charge in [-0.1, -0.05) is 0 Å². The second-order valence-electron chi connectivity index (χ2n) is 2.34. The van der Waals surface area contributed by atoms with Gasteiger partial charge in [0.15, 0.2) is 0 Å². The molecular formula is C8H5BrF2N2. The summed E-state index contributed by atoms with van der Waals surface area (Å²) >= 11 is 3.01. The highest BCUT2D eigenvalue weighted by molar-refractivity contribution is 9.10. The zero-order valence-electron chi connectivity index (χ0n) is 6.47. The Morgan fingerprint density at radius 3 is 2.77 bits per heavy atom. The van der Waals surface area contributed by atoms with Gasteiger partial charge in [0, 0.05) is 16.9 Å². The molecule has 0 saturated carbocycles. The van der Waals surface area contributed by atoms with Gasteiger partial charge in [-0.3, -0.25) is 4.98 Å². The lowest BCUT2D eigenvalue weighted by Crippen LogP contribution is -1.93. The van der Waals surface area contributed by atoms with Crippen LogP contribution in [0.4, 0.5) is 8.78 Å². The van der Waals surface area contributed by atoms with E-state index in [1.54, 1.807) is 0 Å². The fourth-order valence-corrected chi connectivity index (χ4v) is 1.38. The summed E-state index contributed by atoms with van der Waals surface area (Å²) in [6, 6.07) is 1.88. The molecule has 0 atom stereocenters. The quantitative estimate of drug-likeness (QED) is 0.805. The third kappa shape index (κ3) is 2.22. The molecular weight excluding hydrogens is 242 g/mol. The molecule has 5 heteroatoms. The van der Waals surface area contributed by atoms with Crippen molar-refractivity contribution in [2.75, 3.05) is 0 Å². The van der Waals surface area contributed by atoms with E-state index in [9.17, 15) is 8.78 Å². The molecule has 0 aliphatic carbocycles. The average Bonchev–Trinajstić information content (AvgIpc) is 2.08. The van der Waals surface area contributed by atoms with Crippen molar-refractivity contribution in [3.8, 4) is 6.07 Å². The Labute approximate surface area is 82.3 Å². The molecule has 0 aliphatic heterocycles. The van der Waals surface area contributed by atoms with Crippen molar-refractivity contribution in [2.24, 2.45) is 0 Å². The fraction of sp³-hybridized carbons (Fsp3) is 0.250. The number of nitriles is 1. The molecule has 1 aromatic heterocycles. The molecule has 0 unspecified atom stereocenters. The van der Waals surface area contributed by atoms with E-state index >= 15 is 0 Å². The molecule has 1 heterocycles. The summed E-state index contributed by atoms with van der Waals surface area (Å²) in [4.78, 5) is 3.62. The Morgan fingerprint density at radius 1 is 1.54 bits per heavy atom. The lowest BCUT2D eigenvalue weighted by Gasteiger charge is -2.04. The minimum absolute atomic E-state index is 0.0775. The molecule has 0 aliphatic rings. The van der Waals surface area contributed by atoms with Gasteiger partial charge >= 0.3 is 0 Å². The van der Waals surface area contributed by atoms with Crippen molar-refractivity contribution in [3.05, 3.63) is 28.0 Å². The predicted molar refractivity (Wildman–Crippen MR) is 46.2 cm³/mol. The summed E-state index contributed by atoms with van der Waals surface area (Å²) in [6.07, 6.45) is 0.00341. The van der Waals surface area contributed by atoms with Crippen LogP contribution in [0.3, 0.4) is 0 Å². The molecule has 0 aromatic carbocycles. The number of pyridine rings is 1. The van der Waals surface area contributed by atoms with Crippen molar-refractivity contribution in [3.63, 3.8) is 0 Å². The maximum absolute atomic E-state index is 12.3. The van der Waals surface area contributed by atoms with Crippen LogP contribution >= 0.6 is 15.9 Å². The number of halogens is 3. The summed E-state index contributed by atoms with van der Waals surface area (Å²) in [5, 5.41) is 8.39. The second kappa shape index (κ2) is 4.28. The topological polar surface area (TPSA) is 36.7 Å². The van der Waals surface area contributed by atoms with E-state index in [2.05, 4.69) is 20.9 Å². The maximum Gasteiger partial charge on any atom is 0.266 e. The standard InChI is InChI=1S/C8H5BrF2N2/c9-7-5(1-2-12)3-13-4-6(7)8(10)11/h3-4,8H,1H2. The van der Waals surface area contributed by atoms with Crippen molar-refractivity contribution in [2.45, 2.75) is 12.8 Å². The minimum atomic E-state index is -2.57. The molecule has 68 valence electrons. The molecule has 0 saturated heterocycles. The van der Waals surface area contributed by atoms with Gasteiger partial charge in [-0.05, 0) is 21.5 Å². The highest BCUT2D eigenvalue weighted by Crippen LogP contribution is 2.29. The third-order valence-electron chi connectivity index (χ3n) is 1.48. The van der Waals surface area contributed by atoms with E-state index in [4.69, 9.17) is 5.26 Å². The third-order valence-corrected chi connectivity index (χ3v) is 2.45. The van der Waals surface area contributed by atoms with Crippen molar-refractivity contribution < 1.29 is 8.78 Å². The Morgan fingerprint density at radius 2 is 2.23 bits per heavy atom. The van der Waals surface area contributed by atoms with Crippen molar-refractivity contribution >= 4 is 15.9 Å². The summed E-state index contributed by atoms with van der Waals surface area (Å²) in [5.41, 5.74) is 0.313. The molecule has 13 heavy (non-hydrogen) atoms. The molecule has 0 radical (unpaired) electrons. The number of hydrogen-bond acceptors (Lipinski definition) is 2. The molecule has 0 fully saturated rings. The van der Waals surface area contributed by atoms with E-state index in [1.807, 2.05) is 6.07 Å². The van der Waals surface area contributed by atoms with Crippen LogP contribution in [0.15, 0.2) is 16.9 Å². The normalized spacial score (nSPS) is 10.1. The van der Waals surface area contributed by atoms with Crippen molar-refractivity contribution in [1.29, 1.82) is 5.26 Å². The number of rotatable bonds is 2. The van der Waals surface area contributed by atoms with Crippen LogP contribution in [0, 0.1) is 11.3 Å². The van der Waals surface area contributed by atoms with Gasteiger partial charge in [0.2, 0.25) is 0 Å². The first-order valence-corrected chi connectivity index (χ1v) is 4.23. The van der Waals surface area contributed by atoms with Gasteiger partial charge in [-0.25, -0.2) is 8.78 Å². The maximum atomic E-state index is 12.3. The van der Waals surface area contributed by atoms with E-state index in [-0.39, 0.29) is 16.5 Å². The highest BCUT2D eigenvalue weighted by atomic mass is 79.9. The molecule has 0 spiro atoms. The van der Waals surface area contributed by atoms with Gasteiger partial charge in [0.05, 0.1) is 18.1 Å². The van der Waals surface area contributed by atoms with Crippen LogP contribution in [-0.2, 0) is 6.42 Å². The van der Waals surface area contributed by atoms with E-state index in [1.165, 1.54) is 6.20 Å². The molecule has 0 N–H and O–H groups in total. The lowest BCUT2D eigenvalue weighted by molar-refractivity contribution is 0.150. The number of hydrogen-bond donors (Lipinski definition) is 0. The zero-order chi connectivity index (χ0) is 9.84. The number of aromatic nitrogens is 1. The van der Waals surface area contributed by atoms with Gasteiger partial charge in [0.25, 0.3) is 6.43 Å². The number of nitrogens with zero attached hydrogens (tertiary/aromatic N) is 2. The first-order valence-electron chi connectivity index (χ1n) is 3.44. The van der Waals surface area contributed by atoms with Crippen LogP contribution < -0.4 is 0 Å². The van der Waals surface area contributed by atoms with Gasteiger partial charge in [-0.2, -0.15) is 5.26 Å². The fourth-order valence-electron chi connectivity index (χ4n) is 0.867. The zero-order valence-corrected chi connectivity index (χ0v) is 8.05. The smallest absolute Gasteiger partial charge is 0.264 e. The molecule has 2 nitrogen and oxygen atoms in total. The van der Waals surface area contributed by atoms with Gasteiger partial charge in [0.1, 0.15) is 0 Å². The monoisotopic (exact) mass is 246 g/mol. The Kier molecular flexibility index (Phi) is 3.32. The van der Waals surface area contributed by atoms with Crippen LogP contribution in [0.5, 0.6) is 0 Å². The van der Waals surface area contributed by atoms with Gasteiger partial charge < -0.3 is 0 Å². The summed E-state index contributed by atoms with van der Waals surface area (Å²) in [6.45, 7) is 0. The highest BCUT2D eigenvalue weighted by Gasteiger charge is 2.14. The van der Waals surface area contributed by atoms with Crippen LogP contribution in [0.2, 0.25) is 0 Å². The summed E-state index contributed by atoms with van der Waals surface area (Å²) in [7, 11) is 0. The Balaban J connectivity index is 3.12. The van der Waals surface area contributed by atoms with E-state index in [0.29, 0.717) is 5.56 Å². The first kappa shape index (κ1) is 10.1. The molecule has 0 bridgehead atoms. The van der Waals surface area contributed by atoms with E-state index in [0.717, 1.165) is 6.20 Å². The Hall–Kier alpha value is -1.02. The second-order valence-corrected chi connectivity index (χ2v) is 3.13. The van der Waals surface area contributed by atoms with Crippen LogP contribution in [0.25, 0.3) is 0 Å². The molecule has 1 rings (SSSR count). The lowest BCUT2D eigenvalue weighted by atomic mass is 10.2.